The van der Waals surface area contributed by atoms with Gasteiger partial charge in [-0.05, 0) is 30.7 Å². The second-order valence-corrected chi connectivity index (χ2v) is 4.21. The smallest absolute Gasteiger partial charge is 0.219 e. The Kier molecular flexibility index (Phi) is 3.81. The lowest BCUT2D eigenvalue weighted by Gasteiger charge is -1.92. The first kappa shape index (κ1) is 12.4. The van der Waals surface area contributed by atoms with Gasteiger partial charge in [0, 0.05) is 11.1 Å². The number of hydrogen-bond donors (Lipinski definition) is 0. The second-order valence-electron chi connectivity index (χ2n) is 3.78. The molecule has 0 radical (unpaired) electrons. The fourth-order valence-electron chi connectivity index (χ4n) is 1.54. The summed E-state index contributed by atoms with van der Waals surface area (Å²) in [5.74, 6) is 1.18. The van der Waals surface area contributed by atoms with Gasteiger partial charge in [-0.1, -0.05) is 23.7 Å². The molecule has 0 saturated carbocycles. The lowest BCUT2D eigenvalue weighted by atomic mass is 10.2. The number of aryl methyl sites for hydroxylation is 1. The SMILES string of the molecule is Cc1oc(/C=C/c2cccc(Cl)c2)nc1CC#N. The fourth-order valence-corrected chi connectivity index (χ4v) is 1.74. The van der Waals surface area contributed by atoms with Gasteiger partial charge < -0.3 is 4.42 Å². The van der Waals surface area contributed by atoms with E-state index in [1.807, 2.05) is 30.3 Å². The minimum Gasteiger partial charge on any atom is -0.442 e. The molecule has 3 nitrogen and oxygen atoms in total. The number of nitriles is 1. The zero-order valence-corrected chi connectivity index (χ0v) is 10.6. The van der Waals surface area contributed by atoms with Gasteiger partial charge in [0.1, 0.15) is 5.76 Å². The number of nitrogens with zero attached hydrogens (tertiary/aromatic N) is 2. The lowest BCUT2D eigenvalue weighted by Crippen LogP contribution is -1.83. The van der Waals surface area contributed by atoms with Gasteiger partial charge in [-0.15, -0.1) is 0 Å². The highest BCUT2D eigenvalue weighted by Gasteiger charge is 2.06. The molecule has 2 aromatic rings. The van der Waals surface area contributed by atoms with E-state index in [-0.39, 0.29) is 6.42 Å². The molecule has 90 valence electrons. The molecule has 0 aliphatic carbocycles. The molecule has 4 heteroatoms. The maximum absolute atomic E-state index is 8.63. The van der Waals surface area contributed by atoms with Crippen LogP contribution in [-0.4, -0.2) is 4.98 Å². The predicted octanol–water partition coefficient (Wildman–Crippen LogP) is 3.87. The largest absolute Gasteiger partial charge is 0.442 e. The molecule has 0 fully saturated rings. The molecule has 18 heavy (non-hydrogen) atoms. The molecular formula is C14H11ClN2O. The third-order valence-corrected chi connectivity index (χ3v) is 2.66. The first-order chi connectivity index (χ1) is 8.69. The van der Waals surface area contributed by atoms with Gasteiger partial charge in [0.25, 0.3) is 0 Å². The number of rotatable bonds is 3. The third-order valence-electron chi connectivity index (χ3n) is 2.42. The van der Waals surface area contributed by atoms with Crippen molar-refractivity contribution in [3.05, 3.63) is 52.2 Å². The average Bonchev–Trinajstić information content (AvgIpc) is 2.69. The van der Waals surface area contributed by atoms with Crippen LogP contribution in [0.5, 0.6) is 0 Å². The van der Waals surface area contributed by atoms with Gasteiger partial charge >= 0.3 is 0 Å². The van der Waals surface area contributed by atoms with E-state index in [0.717, 1.165) is 5.56 Å². The van der Waals surface area contributed by atoms with E-state index in [9.17, 15) is 0 Å². The van der Waals surface area contributed by atoms with Gasteiger partial charge in [0.2, 0.25) is 5.89 Å². The van der Waals surface area contributed by atoms with Crippen LogP contribution in [0.4, 0.5) is 0 Å². The summed E-state index contributed by atoms with van der Waals surface area (Å²) in [7, 11) is 0. The highest BCUT2D eigenvalue weighted by molar-refractivity contribution is 6.30. The Morgan fingerprint density at radius 2 is 2.28 bits per heavy atom. The number of benzene rings is 1. The Morgan fingerprint density at radius 1 is 1.44 bits per heavy atom. The Bertz CT molecular complexity index is 623. The van der Waals surface area contributed by atoms with Crippen LogP contribution < -0.4 is 0 Å². The first-order valence-corrected chi connectivity index (χ1v) is 5.84. The molecule has 1 aromatic carbocycles. The number of aromatic nitrogens is 1. The van der Waals surface area contributed by atoms with Crippen molar-refractivity contribution in [3.63, 3.8) is 0 Å². The van der Waals surface area contributed by atoms with Crippen molar-refractivity contribution >= 4 is 23.8 Å². The van der Waals surface area contributed by atoms with Crippen LogP contribution in [0.1, 0.15) is 22.9 Å². The van der Waals surface area contributed by atoms with Crippen LogP contribution in [0.3, 0.4) is 0 Å². The van der Waals surface area contributed by atoms with Crippen molar-refractivity contribution in [2.24, 2.45) is 0 Å². The van der Waals surface area contributed by atoms with Gasteiger partial charge in [0.05, 0.1) is 18.2 Å². The summed E-state index contributed by atoms with van der Waals surface area (Å²) in [5, 5.41) is 9.31. The molecule has 0 N–H and O–H groups in total. The summed E-state index contributed by atoms with van der Waals surface area (Å²) >= 11 is 5.89. The van der Waals surface area contributed by atoms with E-state index < -0.39 is 0 Å². The maximum Gasteiger partial charge on any atom is 0.219 e. The molecule has 0 spiro atoms. The Balaban J connectivity index is 2.19. The lowest BCUT2D eigenvalue weighted by molar-refractivity contribution is 0.515. The number of hydrogen-bond acceptors (Lipinski definition) is 3. The highest BCUT2D eigenvalue weighted by Crippen LogP contribution is 2.15. The van der Waals surface area contributed by atoms with Crippen LogP contribution >= 0.6 is 11.6 Å². The quantitative estimate of drug-likeness (QED) is 0.840. The molecule has 1 heterocycles. The summed E-state index contributed by atoms with van der Waals surface area (Å²) in [6, 6.07) is 9.54. The zero-order chi connectivity index (χ0) is 13.0. The van der Waals surface area contributed by atoms with Crippen molar-refractivity contribution in [2.75, 3.05) is 0 Å². The standard InChI is InChI=1S/C14H11ClN2O/c1-10-13(7-8-16)17-14(18-10)6-5-11-3-2-4-12(15)9-11/h2-6,9H,7H2,1H3/b6-5+. The van der Waals surface area contributed by atoms with Crippen molar-refractivity contribution in [1.29, 1.82) is 5.26 Å². The minimum atomic E-state index is 0.264. The molecular weight excluding hydrogens is 248 g/mol. The molecule has 0 bridgehead atoms. The molecule has 0 aliphatic rings. The van der Waals surface area contributed by atoms with E-state index in [0.29, 0.717) is 22.4 Å². The molecule has 0 saturated heterocycles. The molecule has 0 aliphatic heterocycles. The molecule has 0 atom stereocenters. The summed E-state index contributed by atoms with van der Waals surface area (Å²) in [5.41, 5.74) is 1.66. The van der Waals surface area contributed by atoms with E-state index in [1.54, 1.807) is 13.0 Å². The monoisotopic (exact) mass is 258 g/mol. The topological polar surface area (TPSA) is 49.8 Å². The van der Waals surface area contributed by atoms with Crippen molar-refractivity contribution in [2.45, 2.75) is 13.3 Å². The zero-order valence-electron chi connectivity index (χ0n) is 9.85. The highest BCUT2D eigenvalue weighted by atomic mass is 35.5. The van der Waals surface area contributed by atoms with Crippen molar-refractivity contribution in [1.82, 2.24) is 4.98 Å². The number of halogens is 1. The summed E-state index contributed by atoms with van der Waals surface area (Å²) in [4.78, 5) is 4.23. The third kappa shape index (κ3) is 2.99. The summed E-state index contributed by atoms with van der Waals surface area (Å²) < 4.78 is 5.44. The Morgan fingerprint density at radius 3 is 3.00 bits per heavy atom. The van der Waals surface area contributed by atoms with Gasteiger partial charge in [-0.2, -0.15) is 5.26 Å². The second kappa shape index (κ2) is 5.52. The molecule has 0 amide bonds. The van der Waals surface area contributed by atoms with Gasteiger partial charge in [0.15, 0.2) is 0 Å². The number of oxazole rings is 1. The van der Waals surface area contributed by atoms with E-state index in [2.05, 4.69) is 11.1 Å². The van der Waals surface area contributed by atoms with Crippen LogP contribution in [0, 0.1) is 18.3 Å². The Labute approximate surface area is 110 Å². The molecule has 1 aromatic heterocycles. The van der Waals surface area contributed by atoms with E-state index in [4.69, 9.17) is 21.3 Å². The summed E-state index contributed by atoms with van der Waals surface area (Å²) in [6.07, 6.45) is 3.90. The van der Waals surface area contributed by atoms with Crippen LogP contribution in [0.25, 0.3) is 12.2 Å². The predicted molar refractivity (Wildman–Crippen MR) is 70.9 cm³/mol. The Hall–Kier alpha value is -2.05. The van der Waals surface area contributed by atoms with Crippen LogP contribution in [0.2, 0.25) is 5.02 Å². The summed E-state index contributed by atoms with van der Waals surface area (Å²) in [6.45, 7) is 1.80. The molecule has 2 rings (SSSR count). The van der Waals surface area contributed by atoms with Crippen molar-refractivity contribution in [3.8, 4) is 6.07 Å². The van der Waals surface area contributed by atoms with Crippen LogP contribution in [0.15, 0.2) is 28.7 Å². The van der Waals surface area contributed by atoms with Crippen LogP contribution in [-0.2, 0) is 6.42 Å². The fraction of sp³-hybridized carbons (Fsp3) is 0.143. The van der Waals surface area contributed by atoms with Crippen molar-refractivity contribution < 1.29 is 4.42 Å². The van der Waals surface area contributed by atoms with Gasteiger partial charge in [-0.25, -0.2) is 4.98 Å². The van der Waals surface area contributed by atoms with E-state index in [1.165, 1.54) is 0 Å². The van der Waals surface area contributed by atoms with Gasteiger partial charge in [-0.3, -0.25) is 0 Å². The molecule has 0 unspecified atom stereocenters. The minimum absolute atomic E-state index is 0.264. The average molecular weight is 259 g/mol. The first-order valence-electron chi connectivity index (χ1n) is 5.46. The normalized spacial score (nSPS) is 10.7. The maximum atomic E-state index is 8.63. The van der Waals surface area contributed by atoms with E-state index >= 15 is 0 Å².